The topological polar surface area (TPSA) is 29.5 Å². The summed E-state index contributed by atoms with van der Waals surface area (Å²) in [5.74, 6) is 0.796. The summed E-state index contributed by atoms with van der Waals surface area (Å²) in [7, 11) is 0. The summed E-state index contributed by atoms with van der Waals surface area (Å²) in [6.45, 7) is 9.09. The van der Waals surface area contributed by atoms with Gasteiger partial charge in [-0.3, -0.25) is 9.69 Å². The second kappa shape index (κ2) is 6.89. The van der Waals surface area contributed by atoms with Crippen molar-refractivity contribution in [2.75, 3.05) is 19.7 Å². The van der Waals surface area contributed by atoms with Crippen LogP contribution in [0.4, 0.5) is 0 Å². The van der Waals surface area contributed by atoms with E-state index >= 15 is 0 Å². The summed E-state index contributed by atoms with van der Waals surface area (Å²) in [4.78, 5) is 13.9. The van der Waals surface area contributed by atoms with E-state index in [0.29, 0.717) is 19.1 Å². The molecule has 3 heteroatoms. The maximum absolute atomic E-state index is 11.5. The van der Waals surface area contributed by atoms with E-state index in [1.807, 2.05) is 6.92 Å². The fourth-order valence-corrected chi connectivity index (χ4v) is 2.34. The molecule has 1 saturated heterocycles. The molecule has 16 heavy (non-hydrogen) atoms. The van der Waals surface area contributed by atoms with Crippen LogP contribution in [-0.4, -0.2) is 36.6 Å². The average Bonchev–Trinajstić information content (AvgIpc) is 2.27. The standard InChI is InChI=1S/C13H25NO2/c1-4-12(10-13(15)16-5-2)14-8-6-11(3)7-9-14/h11-12H,4-10H2,1-3H3/t12-/m0/s1. The Balaban J connectivity index is 2.38. The van der Waals surface area contributed by atoms with Gasteiger partial charge in [0.2, 0.25) is 0 Å². The molecule has 94 valence electrons. The van der Waals surface area contributed by atoms with Gasteiger partial charge in [-0.15, -0.1) is 0 Å². The number of piperidine rings is 1. The van der Waals surface area contributed by atoms with Crippen LogP contribution >= 0.6 is 0 Å². The van der Waals surface area contributed by atoms with Crippen molar-refractivity contribution in [3.8, 4) is 0 Å². The highest BCUT2D eigenvalue weighted by molar-refractivity contribution is 5.70. The molecular weight excluding hydrogens is 202 g/mol. The van der Waals surface area contributed by atoms with Gasteiger partial charge in [0.05, 0.1) is 13.0 Å². The molecule has 0 aromatic heterocycles. The third kappa shape index (κ3) is 4.12. The molecule has 0 unspecified atom stereocenters. The second-order valence-electron chi connectivity index (χ2n) is 4.79. The van der Waals surface area contributed by atoms with E-state index in [9.17, 15) is 4.79 Å². The minimum Gasteiger partial charge on any atom is -0.466 e. The number of carbonyl (C=O) groups excluding carboxylic acids is 1. The van der Waals surface area contributed by atoms with Gasteiger partial charge >= 0.3 is 5.97 Å². The van der Waals surface area contributed by atoms with Crippen molar-refractivity contribution < 1.29 is 9.53 Å². The van der Waals surface area contributed by atoms with E-state index in [2.05, 4.69) is 18.7 Å². The third-order valence-corrected chi connectivity index (χ3v) is 3.51. The van der Waals surface area contributed by atoms with Crippen LogP contribution in [0.2, 0.25) is 0 Å². The van der Waals surface area contributed by atoms with Crippen LogP contribution in [-0.2, 0) is 9.53 Å². The van der Waals surface area contributed by atoms with E-state index in [4.69, 9.17) is 4.74 Å². The average molecular weight is 227 g/mol. The van der Waals surface area contributed by atoms with Crippen molar-refractivity contribution in [3.63, 3.8) is 0 Å². The Bertz CT molecular complexity index is 210. The Morgan fingerprint density at radius 2 is 2.00 bits per heavy atom. The molecule has 0 bridgehead atoms. The van der Waals surface area contributed by atoms with Crippen molar-refractivity contribution in [2.24, 2.45) is 5.92 Å². The lowest BCUT2D eigenvalue weighted by atomic mass is 9.96. The first-order valence-corrected chi connectivity index (χ1v) is 6.57. The first-order valence-electron chi connectivity index (χ1n) is 6.57. The largest absolute Gasteiger partial charge is 0.466 e. The smallest absolute Gasteiger partial charge is 0.307 e. The number of likely N-dealkylation sites (tertiary alicyclic amines) is 1. The summed E-state index contributed by atoms with van der Waals surface area (Å²) in [5.41, 5.74) is 0. The zero-order valence-corrected chi connectivity index (χ0v) is 10.9. The zero-order valence-electron chi connectivity index (χ0n) is 10.9. The maximum atomic E-state index is 11.5. The number of hydrogen-bond acceptors (Lipinski definition) is 3. The van der Waals surface area contributed by atoms with Crippen LogP contribution in [0.15, 0.2) is 0 Å². The predicted octanol–water partition coefficient (Wildman–Crippen LogP) is 2.45. The molecule has 0 spiro atoms. The molecule has 0 amide bonds. The van der Waals surface area contributed by atoms with Crippen molar-refractivity contribution in [3.05, 3.63) is 0 Å². The van der Waals surface area contributed by atoms with Gasteiger partial charge in [-0.1, -0.05) is 13.8 Å². The van der Waals surface area contributed by atoms with Gasteiger partial charge in [0, 0.05) is 6.04 Å². The van der Waals surface area contributed by atoms with Crippen LogP contribution in [0.25, 0.3) is 0 Å². The lowest BCUT2D eigenvalue weighted by Crippen LogP contribution is -2.42. The Labute approximate surface area is 99.1 Å². The first kappa shape index (κ1) is 13.5. The number of rotatable bonds is 5. The highest BCUT2D eigenvalue weighted by Crippen LogP contribution is 2.20. The van der Waals surface area contributed by atoms with Gasteiger partial charge in [-0.05, 0) is 45.2 Å². The minimum absolute atomic E-state index is 0.0482. The normalized spacial score (nSPS) is 20.7. The van der Waals surface area contributed by atoms with Crippen LogP contribution in [0.1, 0.15) is 46.5 Å². The van der Waals surface area contributed by atoms with Crippen LogP contribution in [0.3, 0.4) is 0 Å². The molecule has 0 aromatic carbocycles. The number of hydrogen-bond donors (Lipinski definition) is 0. The van der Waals surface area contributed by atoms with Gasteiger partial charge in [0.1, 0.15) is 0 Å². The van der Waals surface area contributed by atoms with Crippen molar-refractivity contribution in [2.45, 2.75) is 52.5 Å². The Morgan fingerprint density at radius 3 is 2.50 bits per heavy atom. The zero-order chi connectivity index (χ0) is 12.0. The highest BCUT2D eigenvalue weighted by atomic mass is 16.5. The quantitative estimate of drug-likeness (QED) is 0.676. The second-order valence-corrected chi connectivity index (χ2v) is 4.79. The first-order chi connectivity index (χ1) is 7.67. The molecule has 1 fully saturated rings. The van der Waals surface area contributed by atoms with E-state index in [1.165, 1.54) is 12.8 Å². The van der Waals surface area contributed by atoms with Gasteiger partial charge < -0.3 is 4.74 Å². The van der Waals surface area contributed by atoms with Crippen LogP contribution < -0.4 is 0 Å². The fraction of sp³-hybridized carbons (Fsp3) is 0.923. The minimum atomic E-state index is -0.0482. The number of carbonyl (C=O) groups is 1. The summed E-state index contributed by atoms with van der Waals surface area (Å²) < 4.78 is 5.02. The number of esters is 1. The van der Waals surface area contributed by atoms with E-state index < -0.39 is 0 Å². The molecule has 1 aliphatic heterocycles. The summed E-state index contributed by atoms with van der Waals surface area (Å²) in [6, 6.07) is 0.381. The van der Waals surface area contributed by atoms with Gasteiger partial charge in [0.15, 0.2) is 0 Å². The molecule has 1 atom stereocenters. The molecule has 1 aliphatic rings. The molecule has 0 aromatic rings. The molecule has 3 nitrogen and oxygen atoms in total. The molecule has 0 saturated carbocycles. The van der Waals surface area contributed by atoms with Crippen molar-refractivity contribution >= 4 is 5.97 Å². The summed E-state index contributed by atoms with van der Waals surface area (Å²) in [6.07, 6.45) is 4.12. The van der Waals surface area contributed by atoms with E-state index in [0.717, 1.165) is 25.4 Å². The van der Waals surface area contributed by atoms with Crippen molar-refractivity contribution in [1.82, 2.24) is 4.90 Å². The van der Waals surface area contributed by atoms with Crippen LogP contribution in [0, 0.1) is 5.92 Å². The maximum Gasteiger partial charge on any atom is 0.307 e. The summed E-state index contributed by atoms with van der Waals surface area (Å²) in [5, 5.41) is 0. The third-order valence-electron chi connectivity index (χ3n) is 3.51. The summed E-state index contributed by atoms with van der Waals surface area (Å²) >= 11 is 0. The number of nitrogens with zero attached hydrogens (tertiary/aromatic N) is 1. The molecule has 0 radical (unpaired) electrons. The Hall–Kier alpha value is -0.570. The highest BCUT2D eigenvalue weighted by Gasteiger charge is 2.24. The molecule has 1 rings (SSSR count). The molecular formula is C13H25NO2. The lowest BCUT2D eigenvalue weighted by molar-refractivity contribution is -0.144. The van der Waals surface area contributed by atoms with Crippen molar-refractivity contribution in [1.29, 1.82) is 0 Å². The SMILES string of the molecule is CCOC(=O)C[C@H](CC)N1CCC(C)CC1. The molecule has 0 N–H and O–H groups in total. The van der Waals surface area contributed by atoms with E-state index in [-0.39, 0.29) is 5.97 Å². The molecule has 0 aliphatic carbocycles. The van der Waals surface area contributed by atoms with Gasteiger partial charge in [-0.2, -0.15) is 0 Å². The predicted molar refractivity (Wildman–Crippen MR) is 65.3 cm³/mol. The van der Waals surface area contributed by atoms with Gasteiger partial charge in [0.25, 0.3) is 0 Å². The van der Waals surface area contributed by atoms with Gasteiger partial charge in [-0.25, -0.2) is 0 Å². The number of ether oxygens (including phenoxy) is 1. The fourth-order valence-electron chi connectivity index (χ4n) is 2.34. The Morgan fingerprint density at radius 1 is 1.38 bits per heavy atom. The molecule has 1 heterocycles. The lowest BCUT2D eigenvalue weighted by Gasteiger charge is -2.35. The Kier molecular flexibility index (Phi) is 5.81. The monoisotopic (exact) mass is 227 g/mol. The van der Waals surface area contributed by atoms with Crippen LogP contribution in [0.5, 0.6) is 0 Å². The van der Waals surface area contributed by atoms with E-state index in [1.54, 1.807) is 0 Å².